The zero-order valence-electron chi connectivity index (χ0n) is 6.61. The van der Waals surface area contributed by atoms with Gasteiger partial charge in [0.15, 0.2) is 5.11 Å². The van der Waals surface area contributed by atoms with Gasteiger partial charge in [-0.25, -0.2) is 0 Å². The largest absolute Gasteiger partial charge is 0.363 e. The summed E-state index contributed by atoms with van der Waals surface area (Å²) >= 11 is 4.95. The highest BCUT2D eigenvalue weighted by molar-refractivity contribution is 7.80. The Morgan fingerprint density at radius 2 is 2.20 bits per heavy atom. The molecule has 0 amide bonds. The van der Waals surface area contributed by atoms with Crippen molar-refractivity contribution in [3.63, 3.8) is 0 Å². The first-order chi connectivity index (χ1) is 4.66. The second-order valence-electron chi connectivity index (χ2n) is 2.41. The van der Waals surface area contributed by atoms with Crippen LogP contribution in [0.1, 0.15) is 20.3 Å². The average Bonchev–Trinajstić information content (AvgIpc) is 1.82. The molecule has 59 valence electrons. The lowest BCUT2D eigenvalue weighted by Crippen LogP contribution is -2.39. The lowest BCUT2D eigenvalue weighted by molar-refractivity contribution is 0.712. The minimum Gasteiger partial charge on any atom is -0.363 e. The summed E-state index contributed by atoms with van der Waals surface area (Å²) in [4.78, 5) is 0. The summed E-state index contributed by atoms with van der Waals surface area (Å²) in [7, 11) is 0. The van der Waals surface area contributed by atoms with Crippen LogP contribution in [-0.4, -0.2) is 17.7 Å². The van der Waals surface area contributed by atoms with E-state index in [1.165, 1.54) is 0 Å². The van der Waals surface area contributed by atoms with Gasteiger partial charge in [0.1, 0.15) is 0 Å². The van der Waals surface area contributed by atoms with Crippen molar-refractivity contribution in [1.82, 2.24) is 10.6 Å². The van der Waals surface area contributed by atoms with Crippen LogP contribution in [0.25, 0.3) is 0 Å². The van der Waals surface area contributed by atoms with Crippen LogP contribution in [0.3, 0.4) is 0 Å². The van der Waals surface area contributed by atoms with Gasteiger partial charge in [-0.2, -0.15) is 0 Å². The van der Waals surface area contributed by atoms with Gasteiger partial charge < -0.3 is 10.6 Å². The molecule has 0 aliphatic rings. The monoisotopic (exact) mass is 159 g/mol. The molecule has 0 aliphatic heterocycles. The Morgan fingerprint density at radius 3 is 2.60 bits per heavy atom. The maximum atomic E-state index is 4.95. The van der Waals surface area contributed by atoms with Crippen molar-refractivity contribution in [3.05, 3.63) is 6.92 Å². The molecule has 0 aliphatic carbocycles. The molecule has 0 fully saturated rings. The second-order valence-corrected chi connectivity index (χ2v) is 2.82. The van der Waals surface area contributed by atoms with E-state index >= 15 is 0 Å². The Kier molecular flexibility index (Phi) is 5.30. The van der Waals surface area contributed by atoms with Gasteiger partial charge >= 0.3 is 0 Å². The van der Waals surface area contributed by atoms with E-state index in [0.29, 0.717) is 6.04 Å². The van der Waals surface area contributed by atoms with Gasteiger partial charge in [-0.05, 0) is 32.5 Å². The molecule has 0 aromatic heterocycles. The second kappa shape index (κ2) is 5.47. The molecule has 0 saturated heterocycles. The summed E-state index contributed by atoms with van der Waals surface area (Å²) in [6, 6.07) is 0.407. The van der Waals surface area contributed by atoms with Gasteiger partial charge in [-0.15, -0.1) is 0 Å². The lowest BCUT2D eigenvalue weighted by Gasteiger charge is -2.11. The van der Waals surface area contributed by atoms with Crippen LogP contribution in [-0.2, 0) is 0 Å². The fraction of sp³-hybridized carbons (Fsp3) is 0.714. The Bertz CT molecular complexity index is 102. The first-order valence-corrected chi connectivity index (χ1v) is 3.91. The van der Waals surface area contributed by atoms with Gasteiger partial charge in [-0.3, -0.25) is 0 Å². The molecule has 0 spiro atoms. The molecule has 2 N–H and O–H groups in total. The SMILES string of the molecule is [CH2]CCNC(=S)NC(C)C. The summed E-state index contributed by atoms with van der Waals surface area (Å²) < 4.78 is 0. The van der Waals surface area contributed by atoms with Crippen molar-refractivity contribution in [2.24, 2.45) is 0 Å². The van der Waals surface area contributed by atoms with Crippen molar-refractivity contribution in [3.8, 4) is 0 Å². The van der Waals surface area contributed by atoms with Gasteiger partial charge in [0.2, 0.25) is 0 Å². The maximum absolute atomic E-state index is 4.95. The molecule has 2 nitrogen and oxygen atoms in total. The third-order valence-corrected chi connectivity index (χ3v) is 1.14. The molecule has 0 saturated carbocycles. The van der Waals surface area contributed by atoms with Crippen molar-refractivity contribution in [1.29, 1.82) is 0 Å². The number of rotatable bonds is 3. The molecule has 0 aromatic carbocycles. The number of nitrogens with one attached hydrogen (secondary N) is 2. The third kappa shape index (κ3) is 5.82. The quantitative estimate of drug-likeness (QED) is 0.603. The number of thiocarbonyl (C=S) groups is 1. The third-order valence-electron chi connectivity index (χ3n) is 0.882. The number of hydrogen-bond acceptors (Lipinski definition) is 1. The Morgan fingerprint density at radius 1 is 1.60 bits per heavy atom. The van der Waals surface area contributed by atoms with Crippen LogP contribution in [0.15, 0.2) is 0 Å². The van der Waals surface area contributed by atoms with Crippen molar-refractivity contribution in [2.75, 3.05) is 6.54 Å². The fourth-order valence-corrected chi connectivity index (χ4v) is 0.853. The normalized spacial score (nSPS) is 9.60. The molecule has 0 aromatic rings. The van der Waals surface area contributed by atoms with Crippen LogP contribution < -0.4 is 10.6 Å². The highest BCUT2D eigenvalue weighted by atomic mass is 32.1. The fourth-order valence-electron chi connectivity index (χ4n) is 0.515. The van der Waals surface area contributed by atoms with Crippen LogP contribution in [0.2, 0.25) is 0 Å². The molecule has 0 bridgehead atoms. The van der Waals surface area contributed by atoms with E-state index in [1.807, 2.05) is 0 Å². The van der Waals surface area contributed by atoms with Gasteiger partial charge in [-0.1, -0.05) is 6.92 Å². The van der Waals surface area contributed by atoms with Crippen LogP contribution in [0.5, 0.6) is 0 Å². The van der Waals surface area contributed by atoms with Gasteiger partial charge in [0, 0.05) is 12.6 Å². The van der Waals surface area contributed by atoms with Crippen molar-refractivity contribution >= 4 is 17.3 Å². The zero-order valence-corrected chi connectivity index (χ0v) is 7.42. The maximum Gasteiger partial charge on any atom is 0.166 e. The summed E-state index contributed by atoms with van der Waals surface area (Å²) in [5, 5.41) is 6.81. The lowest BCUT2D eigenvalue weighted by atomic mass is 10.4. The molecule has 0 heterocycles. The molecule has 0 rings (SSSR count). The molecule has 10 heavy (non-hydrogen) atoms. The van der Waals surface area contributed by atoms with Crippen LogP contribution in [0.4, 0.5) is 0 Å². The molecule has 0 atom stereocenters. The van der Waals surface area contributed by atoms with E-state index in [9.17, 15) is 0 Å². The van der Waals surface area contributed by atoms with E-state index in [-0.39, 0.29) is 0 Å². The van der Waals surface area contributed by atoms with E-state index in [4.69, 9.17) is 12.2 Å². The Hall–Kier alpha value is -0.310. The van der Waals surface area contributed by atoms with E-state index in [1.54, 1.807) is 0 Å². The van der Waals surface area contributed by atoms with E-state index in [2.05, 4.69) is 31.4 Å². The van der Waals surface area contributed by atoms with Crippen molar-refractivity contribution in [2.45, 2.75) is 26.3 Å². The number of hydrogen-bond donors (Lipinski definition) is 2. The first kappa shape index (κ1) is 9.69. The van der Waals surface area contributed by atoms with E-state index in [0.717, 1.165) is 18.1 Å². The highest BCUT2D eigenvalue weighted by Crippen LogP contribution is 1.77. The molecular weight excluding hydrogens is 144 g/mol. The average molecular weight is 159 g/mol. The highest BCUT2D eigenvalue weighted by Gasteiger charge is 1.94. The topological polar surface area (TPSA) is 24.1 Å². The molecule has 3 heteroatoms. The standard InChI is InChI=1S/C7H15N2S/c1-4-5-8-7(10)9-6(2)3/h6H,1,4-5H2,2-3H3,(H2,8,9,10). The van der Waals surface area contributed by atoms with E-state index < -0.39 is 0 Å². The predicted molar refractivity (Wildman–Crippen MR) is 48.8 cm³/mol. The van der Waals surface area contributed by atoms with Crippen LogP contribution in [0, 0.1) is 6.92 Å². The van der Waals surface area contributed by atoms with Gasteiger partial charge in [0.25, 0.3) is 0 Å². The Labute approximate surface area is 68.4 Å². The first-order valence-electron chi connectivity index (χ1n) is 3.50. The van der Waals surface area contributed by atoms with Crippen molar-refractivity contribution < 1.29 is 0 Å². The summed E-state index contributed by atoms with van der Waals surface area (Å²) in [5.74, 6) is 0. The minimum absolute atomic E-state index is 0.407. The van der Waals surface area contributed by atoms with Crippen LogP contribution >= 0.6 is 12.2 Å². The zero-order chi connectivity index (χ0) is 7.98. The van der Waals surface area contributed by atoms with Gasteiger partial charge in [0.05, 0.1) is 0 Å². The minimum atomic E-state index is 0.407. The molecule has 0 unspecified atom stereocenters. The Balaban J connectivity index is 3.26. The summed E-state index contributed by atoms with van der Waals surface area (Å²) in [6.45, 7) is 8.64. The smallest absolute Gasteiger partial charge is 0.166 e. The summed E-state index contributed by atoms with van der Waals surface area (Å²) in [5.41, 5.74) is 0. The summed E-state index contributed by atoms with van der Waals surface area (Å²) in [6.07, 6.45) is 0.861. The molecule has 1 radical (unpaired) electrons. The predicted octanol–water partition coefficient (Wildman–Crippen LogP) is 1.08. The molecular formula is C7H15N2S.